The minimum Gasteiger partial charge on any atom is -0.392 e. The molecule has 2 aromatic rings. The number of carbonyl (C=O) groups is 1. The van der Waals surface area contributed by atoms with Crippen LogP contribution in [-0.4, -0.2) is 54.9 Å². The van der Waals surface area contributed by atoms with Gasteiger partial charge in [0, 0.05) is 43.7 Å². The number of aliphatic hydroxyl groups excluding tert-OH is 1. The highest BCUT2D eigenvalue weighted by Gasteiger charge is 2.39. The Morgan fingerprint density at radius 3 is 2.31 bits per heavy atom. The van der Waals surface area contributed by atoms with Gasteiger partial charge in [-0.3, -0.25) is 9.69 Å². The highest BCUT2D eigenvalue weighted by molar-refractivity contribution is 5.88. The maximum absolute atomic E-state index is 11.3. The van der Waals surface area contributed by atoms with E-state index in [0.717, 1.165) is 55.2 Å². The Hall–Kier alpha value is -2.29. The maximum atomic E-state index is 11.3. The molecule has 172 valence electrons. The molecule has 4 rings (SSSR count). The number of hydrogen-bond donors (Lipinski definition) is 2. The van der Waals surface area contributed by atoms with Crippen molar-refractivity contribution < 1.29 is 24.1 Å². The number of anilines is 1. The molecule has 0 spiro atoms. The molecule has 1 amide bonds. The van der Waals surface area contributed by atoms with Gasteiger partial charge in [-0.15, -0.1) is 0 Å². The predicted molar refractivity (Wildman–Crippen MR) is 121 cm³/mol. The molecular formula is C25H32N2O5. The zero-order chi connectivity index (χ0) is 22.5. The van der Waals surface area contributed by atoms with Gasteiger partial charge in [-0.05, 0) is 23.3 Å². The molecule has 0 saturated carbocycles. The fourth-order valence-corrected chi connectivity index (χ4v) is 4.29. The van der Waals surface area contributed by atoms with Crippen molar-refractivity contribution in [3.8, 4) is 0 Å². The second kappa shape index (κ2) is 10.6. The summed E-state index contributed by atoms with van der Waals surface area (Å²) in [6, 6.07) is 15.5. The monoisotopic (exact) mass is 440 g/mol. The van der Waals surface area contributed by atoms with Crippen LogP contribution in [0.3, 0.4) is 0 Å². The summed E-state index contributed by atoms with van der Waals surface area (Å²) in [5, 5.41) is 12.2. The number of nitrogens with one attached hydrogen (secondary N) is 1. The first kappa shape index (κ1) is 22.9. The molecule has 2 heterocycles. The largest absolute Gasteiger partial charge is 0.392 e. The lowest BCUT2D eigenvalue weighted by atomic mass is 9.90. The Kier molecular flexibility index (Phi) is 7.55. The van der Waals surface area contributed by atoms with E-state index in [0.29, 0.717) is 0 Å². The first-order chi connectivity index (χ1) is 15.5. The number of aliphatic hydroxyl groups is 1. The van der Waals surface area contributed by atoms with Gasteiger partial charge in [0.25, 0.3) is 0 Å². The second-order valence-corrected chi connectivity index (χ2v) is 8.54. The molecule has 2 N–H and O–H groups in total. The summed E-state index contributed by atoms with van der Waals surface area (Å²) >= 11 is 0. The van der Waals surface area contributed by atoms with Crippen LogP contribution >= 0.6 is 0 Å². The third kappa shape index (κ3) is 5.54. The predicted octanol–water partition coefficient (Wildman–Crippen LogP) is 3.26. The molecule has 2 saturated heterocycles. The number of ether oxygens (including phenoxy) is 3. The SMILES string of the molecule is CC(=O)Nc1ccc([C@@H]2O[C@H](CN3CCOCC3)[C@H](C)[C@H](c3ccc(CO)cc3)O2)cc1. The average Bonchev–Trinajstić information content (AvgIpc) is 2.81. The fourth-order valence-electron chi connectivity index (χ4n) is 4.29. The lowest BCUT2D eigenvalue weighted by Gasteiger charge is -2.43. The third-order valence-corrected chi connectivity index (χ3v) is 6.17. The number of morpholine rings is 1. The van der Waals surface area contributed by atoms with Crippen LogP contribution in [0.2, 0.25) is 0 Å². The molecular weight excluding hydrogens is 408 g/mol. The van der Waals surface area contributed by atoms with Gasteiger partial charge < -0.3 is 24.6 Å². The van der Waals surface area contributed by atoms with Gasteiger partial charge in [-0.25, -0.2) is 0 Å². The fraction of sp³-hybridized carbons (Fsp3) is 0.480. The first-order valence-corrected chi connectivity index (χ1v) is 11.2. The van der Waals surface area contributed by atoms with E-state index in [4.69, 9.17) is 14.2 Å². The lowest BCUT2D eigenvalue weighted by Crippen LogP contribution is -2.47. The number of benzene rings is 2. The molecule has 2 aliphatic heterocycles. The van der Waals surface area contributed by atoms with Gasteiger partial charge >= 0.3 is 0 Å². The van der Waals surface area contributed by atoms with Crippen LogP contribution in [0.15, 0.2) is 48.5 Å². The van der Waals surface area contributed by atoms with E-state index in [-0.39, 0.29) is 30.6 Å². The van der Waals surface area contributed by atoms with Crippen molar-refractivity contribution in [3.05, 3.63) is 65.2 Å². The normalized spacial score (nSPS) is 26.6. The van der Waals surface area contributed by atoms with Crippen LogP contribution in [0.4, 0.5) is 5.69 Å². The summed E-state index contributed by atoms with van der Waals surface area (Å²) in [6.45, 7) is 7.80. The van der Waals surface area contributed by atoms with Crippen molar-refractivity contribution in [2.75, 3.05) is 38.2 Å². The minimum absolute atomic E-state index is 0.00982. The van der Waals surface area contributed by atoms with Crippen molar-refractivity contribution in [3.63, 3.8) is 0 Å². The number of rotatable bonds is 6. The number of hydrogen-bond acceptors (Lipinski definition) is 6. The molecule has 2 aromatic carbocycles. The van der Waals surface area contributed by atoms with Crippen molar-refractivity contribution >= 4 is 11.6 Å². The van der Waals surface area contributed by atoms with E-state index in [2.05, 4.69) is 17.1 Å². The quantitative estimate of drug-likeness (QED) is 0.718. The highest BCUT2D eigenvalue weighted by atomic mass is 16.7. The zero-order valence-corrected chi connectivity index (χ0v) is 18.7. The standard InChI is InChI=1S/C25H32N2O5/c1-17-23(15-27-11-13-30-14-12-27)31-25(21-7-9-22(10-8-21)26-18(2)29)32-24(17)20-5-3-19(16-28)4-6-20/h3-10,17,23-25,28H,11-16H2,1-2H3,(H,26,29)/t17-,23+,24+,25+/m0/s1. The summed E-state index contributed by atoms with van der Waals surface area (Å²) in [4.78, 5) is 13.7. The van der Waals surface area contributed by atoms with Crippen LogP contribution in [-0.2, 0) is 25.6 Å². The topological polar surface area (TPSA) is 80.3 Å². The molecule has 7 nitrogen and oxygen atoms in total. The zero-order valence-electron chi connectivity index (χ0n) is 18.7. The maximum Gasteiger partial charge on any atom is 0.221 e. The van der Waals surface area contributed by atoms with Gasteiger partial charge in [-0.2, -0.15) is 0 Å². The van der Waals surface area contributed by atoms with Crippen molar-refractivity contribution in [2.24, 2.45) is 5.92 Å². The molecule has 4 atom stereocenters. The Bertz CT molecular complexity index is 880. The molecule has 0 unspecified atom stereocenters. The number of amides is 1. The first-order valence-electron chi connectivity index (χ1n) is 11.2. The van der Waals surface area contributed by atoms with Crippen LogP contribution in [0.5, 0.6) is 0 Å². The summed E-state index contributed by atoms with van der Waals surface area (Å²) in [5.41, 5.74) is 3.61. The lowest BCUT2D eigenvalue weighted by molar-refractivity contribution is -0.277. The van der Waals surface area contributed by atoms with Gasteiger partial charge in [-0.1, -0.05) is 43.3 Å². The number of carbonyl (C=O) groups excluding carboxylic acids is 1. The summed E-state index contributed by atoms with van der Waals surface area (Å²) in [7, 11) is 0. The van der Waals surface area contributed by atoms with Crippen molar-refractivity contribution in [2.45, 2.75) is 39.0 Å². The smallest absolute Gasteiger partial charge is 0.221 e. The van der Waals surface area contributed by atoms with Gasteiger partial charge in [0.1, 0.15) is 0 Å². The van der Waals surface area contributed by atoms with Crippen LogP contribution in [0.25, 0.3) is 0 Å². The molecule has 7 heteroatoms. The van der Waals surface area contributed by atoms with Gasteiger partial charge in [0.05, 0.1) is 32.0 Å². The summed E-state index contributed by atoms with van der Waals surface area (Å²) in [6.07, 6.45) is -0.655. The molecule has 32 heavy (non-hydrogen) atoms. The van der Waals surface area contributed by atoms with Gasteiger partial charge in [0.2, 0.25) is 5.91 Å². The van der Waals surface area contributed by atoms with E-state index >= 15 is 0 Å². The Labute approximate surface area is 189 Å². The number of nitrogens with zero attached hydrogens (tertiary/aromatic N) is 1. The Morgan fingerprint density at radius 1 is 1.03 bits per heavy atom. The van der Waals surface area contributed by atoms with E-state index in [9.17, 15) is 9.90 Å². The Morgan fingerprint density at radius 2 is 1.69 bits per heavy atom. The second-order valence-electron chi connectivity index (χ2n) is 8.54. The molecule has 0 bridgehead atoms. The van der Waals surface area contributed by atoms with Crippen LogP contribution in [0.1, 0.15) is 42.9 Å². The van der Waals surface area contributed by atoms with Crippen molar-refractivity contribution in [1.82, 2.24) is 4.90 Å². The molecule has 0 radical (unpaired) electrons. The van der Waals surface area contributed by atoms with Crippen LogP contribution < -0.4 is 5.32 Å². The third-order valence-electron chi connectivity index (χ3n) is 6.17. The van der Waals surface area contributed by atoms with E-state index in [1.54, 1.807) is 0 Å². The molecule has 2 aliphatic rings. The summed E-state index contributed by atoms with van der Waals surface area (Å²) < 4.78 is 18.4. The molecule has 2 fully saturated rings. The van der Waals surface area contributed by atoms with Gasteiger partial charge in [0.15, 0.2) is 6.29 Å². The van der Waals surface area contributed by atoms with E-state index < -0.39 is 6.29 Å². The minimum atomic E-state index is -0.508. The molecule has 0 aliphatic carbocycles. The van der Waals surface area contributed by atoms with Crippen molar-refractivity contribution in [1.29, 1.82) is 0 Å². The summed E-state index contributed by atoms with van der Waals surface area (Å²) in [5.74, 6) is 0.0430. The Balaban J connectivity index is 1.56. The average molecular weight is 441 g/mol. The highest BCUT2D eigenvalue weighted by Crippen LogP contribution is 2.42. The van der Waals surface area contributed by atoms with Crippen LogP contribution in [0, 0.1) is 5.92 Å². The molecule has 0 aromatic heterocycles. The van der Waals surface area contributed by atoms with E-state index in [1.807, 2.05) is 48.5 Å². The van der Waals surface area contributed by atoms with E-state index in [1.165, 1.54) is 6.92 Å².